The Bertz CT molecular complexity index is 346. The molecule has 86 valence electrons. The summed E-state index contributed by atoms with van der Waals surface area (Å²) in [7, 11) is 0. The molecule has 1 aromatic carbocycles. The topological polar surface area (TPSA) is 29.1 Å². The van der Waals surface area contributed by atoms with Gasteiger partial charge in [0, 0.05) is 11.7 Å². The van der Waals surface area contributed by atoms with Crippen LogP contribution in [0.5, 0.6) is 0 Å². The van der Waals surface area contributed by atoms with Gasteiger partial charge >= 0.3 is 0 Å². The molecule has 2 atom stereocenters. The van der Waals surface area contributed by atoms with Crippen LogP contribution in [-0.2, 0) is 4.79 Å². The minimum Gasteiger partial charge on any atom is -0.349 e. The lowest BCUT2D eigenvalue weighted by Crippen LogP contribution is -2.32. The zero-order chi connectivity index (χ0) is 11.4. The first kappa shape index (κ1) is 11.5. The van der Waals surface area contributed by atoms with Crippen molar-refractivity contribution < 1.29 is 4.79 Å². The van der Waals surface area contributed by atoms with Gasteiger partial charge in [0.25, 0.3) is 0 Å². The van der Waals surface area contributed by atoms with Crippen LogP contribution in [0.4, 0.5) is 0 Å². The zero-order valence-corrected chi connectivity index (χ0v) is 10.3. The number of amides is 1. The summed E-state index contributed by atoms with van der Waals surface area (Å²) in [5.74, 6) is 2.53. The smallest absolute Gasteiger partial charge is 0.224 e. The van der Waals surface area contributed by atoms with E-state index in [1.54, 1.807) is 0 Å². The lowest BCUT2D eigenvalue weighted by molar-refractivity contribution is -0.124. The molecule has 2 unspecified atom stereocenters. The highest BCUT2D eigenvalue weighted by atomic mass is 32.2. The number of nitrogens with one attached hydrogen (secondary N) is 1. The van der Waals surface area contributed by atoms with E-state index in [1.165, 1.54) is 5.56 Å². The van der Waals surface area contributed by atoms with Crippen LogP contribution in [0, 0.1) is 5.92 Å². The lowest BCUT2D eigenvalue weighted by atomic mass is 10.1. The molecule has 0 saturated carbocycles. The van der Waals surface area contributed by atoms with Crippen molar-refractivity contribution >= 4 is 17.7 Å². The Kier molecular flexibility index (Phi) is 3.88. The Morgan fingerprint density at radius 1 is 1.44 bits per heavy atom. The number of hydrogen-bond donors (Lipinski definition) is 1. The summed E-state index contributed by atoms with van der Waals surface area (Å²) in [6.07, 6.45) is 1.03. The molecule has 2 nitrogen and oxygen atoms in total. The standard InChI is InChI=1S/C13H17NOS/c1-10(11-5-3-2-4-6-11)14-13(15)12-7-8-16-9-12/h2-6,10,12H,7-9H2,1H3,(H,14,15). The number of rotatable bonds is 3. The third-order valence-corrected chi connectivity index (χ3v) is 4.12. The Balaban J connectivity index is 1.92. The molecule has 3 heteroatoms. The number of thioether (sulfide) groups is 1. The van der Waals surface area contributed by atoms with Gasteiger partial charge in [0.05, 0.1) is 6.04 Å². The third kappa shape index (κ3) is 2.79. The van der Waals surface area contributed by atoms with Crippen LogP contribution in [-0.4, -0.2) is 17.4 Å². The summed E-state index contributed by atoms with van der Waals surface area (Å²) < 4.78 is 0. The fourth-order valence-electron chi connectivity index (χ4n) is 1.90. The highest BCUT2D eigenvalue weighted by Crippen LogP contribution is 2.24. The summed E-state index contributed by atoms with van der Waals surface area (Å²) in [4.78, 5) is 11.9. The van der Waals surface area contributed by atoms with Gasteiger partial charge in [0.1, 0.15) is 0 Å². The van der Waals surface area contributed by atoms with Gasteiger partial charge in [-0.1, -0.05) is 30.3 Å². The lowest BCUT2D eigenvalue weighted by Gasteiger charge is -2.16. The highest BCUT2D eigenvalue weighted by molar-refractivity contribution is 7.99. The zero-order valence-electron chi connectivity index (χ0n) is 9.48. The predicted molar refractivity (Wildman–Crippen MR) is 68.4 cm³/mol. The van der Waals surface area contributed by atoms with Crippen LogP contribution < -0.4 is 5.32 Å². The van der Waals surface area contributed by atoms with Crippen molar-refractivity contribution in [3.05, 3.63) is 35.9 Å². The monoisotopic (exact) mass is 235 g/mol. The fourth-order valence-corrected chi connectivity index (χ4v) is 3.12. The van der Waals surface area contributed by atoms with Crippen LogP contribution >= 0.6 is 11.8 Å². The number of carbonyl (C=O) groups is 1. The van der Waals surface area contributed by atoms with E-state index in [0.29, 0.717) is 0 Å². The maximum atomic E-state index is 11.9. The van der Waals surface area contributed by atoms with Crippen molar-refractivity contribution in [1.82, 2.24) is 5.32 Å². The molecule has 16 heavy (non-hydrogen) atoms. The largest absolute Gasteiger partial charge is 0.349 e. The fraction of sp³-hybridized carbons (Fsp3) is 0.462. The molecule has 0 radical (unpaired) electrons. The van der Waals surface area contributed by atoms with Gasteiger partial charge in [-0.05, 0) is 24.7 Å². The maximum absolute atomic E-state index is 11.9. The van der Waals surface area contributed by atoms with E-state index in [9.17, 15) is 4.79 Å². The maximum Gasteiger partial charge on any atom is 0.224 e. The molecule has 1 aliphatic rings. The molecule has 2 rings (SSSR count). The molecule has 1 saturated heterocycles. The first-order valence-corrected chi connectivity index (χ1v) is 6.86. The minimum absolute atomic E-state index is 0.110. The van der Waals surface area contributed by atoms with Crippen molar-refractivity contribution in [3.8, 4) is 0 Å². The second-order valence-corrected chi connectivity index (χ2v) is 5.35. The van der Waals surface area contributed by atoms with Gasteiger partial charge in [0.15, 0.2) is 0 Å². The van der Waals surface area contributed by atoms with E-state index in [4.69, 9.17) is 0 Å². The van der Waals surface area contributed by atoms with Gasteiger partial charge in [-0.15, -0.1) is 0 Å². The molecular formula is C13H17NOS. The number of benzene rings is 1. The van der Waals surface area contributed by atoms with Gasteiger partial charge in [0.2, 0.25) is 5.91 Å². The van der Waals surface area contributed by atoms with E-state index in [1.807, 2.05) is 49.0 Å². The highest BCUT2D eigenvalue weighted by Gasteiger charge is 2.24. The molecule has 1 fully saturated rings. The van der Waals surface area contributed by atoms with E-state index in [2.05, 4.69) is 5.32 Å². The van der Waals surface area contributed by atoms with Crippen LogP contribution in [0.1, 0.15) is 24.9 Å². The first-order valence-electron chi connectivity index (χ1n) is 5.70. The molecule has 1 aromatic rings. The van der Waals surface area contributed by atoms with Gasteiger partial charge < -0.3 is 5.32 Å². The second-order valence-electron chi connectivity index (χ2n) is 4.20. The molecule has 1 amide bonds. The van der Waals surface area contributed by atoms with Gasteiger partial charge in [-0.2, -0.15) is 11.8 Å². The SMILES string of the molecule is CC(NC(=O)C1CCSC1)c1ccccc1. The molecule has 1 heterocycles. The number of carbonyl (C=O) groups excluding carboxylic acids is 1. The Hall–Kier alpha value is -0.960. The average Bonchev–Trinajstić information content (AvgIpc) is 2.83. The summed E-state index contributed by atoms with van der Waals surface area (Å²) in [6, 6.07) is 10.2. The molecule has 0 bridgehead atoms. The Morgan fingerprint density at radius 3 is 2.81 bits per heavy atom. The first-order chi connectivity index (χ1) is 7.77. The summed E-state index contributed by atoms with van der Waals surface area (Å²) >= 11 is 1.87. The molecular weight excluding hydrogens is 218 g/mol. The molecule has 1 N–H and O–H groups in total. The van der Waals surface area contributed by atoms with Crippen LogP contribution in [0.25, 0.3) is 0 Å². The van der Waals surface area contributed by atoms with Gasteiger partial charge in [-0.3, -0.25) is 4.79 Å². The Morgan fingerprint density at radius 2 is 2.19 bits per heavy atom. The normalized spacial score (nSPS) is 21.7. The van der Waals surface area contributed by atoms with Crippen LogP contribution in [0.3, 0.4) is 0 Å². The average molecular weight is 235 g/mol. The third-order valence-electron chi connectivity index (χ3n) is 2.96. The van der Waals surface area contributed by atoms with E-state index < -0.39 is 0 Å². The van der Waals surface area contributed by atoms with E-state index in [0.717, 1.165) is 17.9 Å². The van der Waals surface area contributed by atoms with Crippen molar-refractivity contribution in [2.75, 3.05) is 11.5 Å². The predicted octanol–water partition coefficient (Wildman–Crippen LogP) is 2.62. The quantitative estimate of drug-likeness (QED) is 0.872. The minimum atomic E-state index is 0.110. The van der Waals surface area contributed by atoms with E-state index in [-0.39, 0.29) is 17.9 Å². The van der Waals surface area contributed by atoms with E-state index >= 15 is 0 Å². The van der Waals surface area contributed by atoms with Gasteiger partial charge in [-0.25, -0.2) is 0 Å². The summed E-state index contributed by atoms with van der Waals surface area (Å²) in [6.45, 7) is 2.04. The van der Waals surface area contributed by atoms with Crippen molar-refractivity contribution in [2.24, 2.45) is 5.92 Å². The van der Waals surface area contributed by atoms with Crippen molar-refractivity contribution in [3.63, 3.8) is 0 Å². The Labute approximate surface area is 101 Å². The molecule has 0 spiro atoms. The summed E-state index contributed by atoms with van der Waals surface area (Å²) in [5.41, 5.74) is 1.17. The molecule has 0 aromatic heterocycles. The van der Waals surface area contributed by atoms with Crippen LogP contribution in [0.15, 0.2) is 30.3 Å². The summed E-state index contributed by atoms with van der Waals surface area (Å²) in [5, 5.41) is 3.09. The molecule has 1 aliphatic heterocycles. The second kappa shape index (κ2) is 5.39. The number of hydrogen-bond acceptors (Lipinski definition) is 2. The van der Waals surface area contributed by atoms with Crippen molar-refractivity contribution in [2.45, 2.75) is 19.4 Å². The van der Waals surface area contributed by atoms with Crippen LogP contribution in [0.2, 0.25) is 0 Å². The van der Waals surface area contributed by atoms with Crippen molar-refractivity contribution in [1.29, 1.82) is 0 Å². The molecule has 0 aliphatic carbocycles.